The molecule has 0 amide bonds. The Morgan fingerprint density at radius 3 is 2.89 bits per heavy atom. The summed E-state index contributed by atoms with van der Waals surface area (Å²) in [5, 5.41) is 0. The summed E-state index contributed by atoms with van der Waals surface area (Å²) in [6.07, 6.45) is 6.69. The summed E-state index contributed by atoms with van der Waals surface area (Å²) in [4.78, 5) is 2.65. The molecule has 1 atom stereocenters. The van der Waals surface area contributed by atoms with Crippen molar-refractivity contribution in [2.75, 3.05) is 13.7 Å². The normalized spacial score (nSPS) is 21.1. The molecule has 0 N–H and O–H groups in total. The number of hydrogen-bond donors (Lipinski definition) is 0. The molecule has 1 aromatic rings. The summed E-state index contributed by atoms with van der Waals surface area (Å²) in [7, 11) is 1.73. The minimum absolute atomic E-state index is 0.737. The van der Waals surface area contributed by atoms with Crippen LogP contribution in [0.1, 0.15) is 44.6 Å². The average molecular weight is 326 g/mol. The number of hydrogen-bond acceptors (Lipinski definition) is 2. The molecule has 1 aliphatic rings. The second-order valence-corrected chi connectivity index (χ2v) is 6.19. The van der Waals surface area contributed by atoms with Crippen molar-refractivity contribution in [3.63, 3.8) is 0 Å². The first-order valence-electron chi connectivity index (χ1n) is 7.31. The van der Waals surface area contributed by atoms with Crippen molar-refractivity contribution in [2.24, 2.45) is 0 Å². The predicted molar refractivity (Wildman–Crippen MR) is 83.7 cm³/mol. The van der Waals surface area contributed by atoms with Gasteiger partial charge in [0.2, 0.25) is 0 Å². The number of benzene rings is 1. The van der Waals surface area contributed by atoms with Gasteiger partial charge in [-0.1, -0.05) is 35.7 Å². The molecule has 0 bridgehead atoms. The molecule has 106 valence electrons. The maximum Gasteiger partial charge on any atom is 0.119 e. The Morgan fingerprint density at radius 1 is 1.32 bits per heavy atom. The monoisotopic (exact) mass is 325 g/mol. The van der Waals surface area contributed by atoms with Crippen LogP contribution in [0.5, 0.6) is 5.75 Å². The third-order valence-electron chi connectivity index (χ3n) is 4.10. The summed E-state index contributed by atoms with van der Waals surface area (Å²) >= 11 is 3.67. The van der Waals surface area contributed by atoms with Crippen LogP contribution in [0.3, 0.4) is 0 Å². The minimum Gasteiger partial charge on any atom is -0.497 e. The Bertz CT molecular complexity index is 408. The molecule has 0 saturated carbocycles. The molecular weight excluding hydrogens is 302 g/mol. The van der Waals surface area contributed by atoms with Crippen LogP contribution < -0.4 is 4.74 Å². The Morgan fingerprint density at radius 2 is 2.16 bits per heavy atom. The topological polar surface area (TPSA) is 12.5 Å². The van der Waals surface area contributed by atoms with Gasteiger partial charge in [0.05, 0.1) is 7.11 Å². The van der Waals surface area contributed by atoms with Crippen molar-refractivity contribution < 1.29 is 4.74 Å². The molecule has 0 spiro atoms. The molecule has 2 nitrogen and oxygen atoms in total. The first-order valence-corrected chi connectivity index (χ1v) is 8.10. The summed E-state index contributed by atoms with van der Waals surface area (Å²) in [5.74, 6) is 0.945. The number of ether oxygens (including phenoxy) is 1. The molecule has 1 heterocycles. The van der Waals surface area contributed by atoms with E-state index < -0.39 is 0 Å². The van der Waals surface area contributed by atoms with E-state index >= 15 is 0 Å². The lowest BCUT2D eigenvalue weighted by Crippen LogP contribution is -2.33. The summed E-state index contributed by atoms with van der Waals surface area (Å²) in [6, 6.07) is 6.99. The fraction of sp³-hybridized carbons (Fsp3) is 0.625. The van der Waals surface area contributed by atoms with E-state index in [1.807, 2.05) is 6.07 Å². The van der Waals surface area contributed by atoms with Gasteiger partial charge in [0.15, 0.2) is 0 Å². The second-order valence-electron chi connectivity index (χ2n) is 5.34. The van der Waals surface area contributed by atoms with Crippen LogP contribution in [-0.4, -0.2) is 24.6 Å². The average Bonchev–Trinajstić information content (AvgIpc) is 2.66. The van der Waals surface area contributed by atoms with Crippen LogP contribution in [0.25, 0.3) is 0 Å². The molecule has 19 heavy (non-hydrogen) atoms. The molecule has 0 radical (unpaired) electrons. The van der Waals surface area contributed by atoms with Gasteiger partial charge in [-0.3, -0.25) is 4.90 Å². The molecule has 3 heteroatoms. The summed E-state index contributed by atoms with van der Waals surface area (Å²) in [6.45, 7) is 4.56. The van der Waals surface area contributed by atoms with Crippen molar-refractivity contribution in [3.8, 4) is 5.75 Å². The maximum atomic E-state index is 5.34. The van der Waals surface area contributed by atoms with Crippen molar-refractivity contribution in [1.29, 1.82) is 0 Å². The first-order chi connectivity index (χ1) is 9.24. The molecule has 0 aromatic heterocycles. The minimum atomic E-state index is 0.737. The standard InChI is InChI=1S/C16H24BrNO/c1-3-14-7-5-4-6-10-18(14)12-13-11-15(19-2)8-9-16(13)17/h8-9,11,14H,3-7,10,12H2,1-2H3. The zero-order chi connectivity index (χ0) is 13.7. The van der Waals surface area contributed by atoms with Gasteiger partial charge in [-0.05, 0) is 49.6 Å². The quantitative estimate of drug-likeness (QED) is 0.801. The highest BCUT2D eigenvalue weighted by Crippen LogP contribution is 2.27. The highest BCUT2D eigenvalue weighted by molar-refractivity contribution is 9.10. The van der Waals surface area contributed by atoms with E-state index in [-0.39, 0.29) is 0 Å². The number of nitrogens with zero attached hydrogens (tertiary/aromatic N) is 1. The largest absolute Gasteiger partial charge is 0.497 e. The van der Waals surface area contributed by atoms with E-state index in [0.717, 1.165) is 18.3 Å². The Labute approximate surface area is 125 Å². The van der Waals surface area contributed by atoms with Gasteiger partial charge in [0, 0.05) is 17.1 Å². The second kappa shape index (κ2) is 7.30. The van der Waals surface area contributed by atoms with Gasteiger partial charge in [-0.25, -0.2) is 0 Å². The highest BCUT2D eigenvalue weighted by Gasteiger charge is 2.20. The van der Waals surface area contributed by atoms with Crippen LogP contribution >= 0.6 is 15.9 Å². The van der Waals surface area contributed by atoms with E-state index in [0.29, 0.717) is 0 Å². The van der Waals surface area contributed by atoms with Crippen LogP contribution in [-0.2, 0) is 6.54 Å². The zero-order valence-corrected chi connectivity index (χ0v) is 13.6. The van der Waals surface area contributed by atoms with E-state index in [9.17, 15) is 0 Å². The fourth-order valence-corrected chi connectivity index (χ4v) is 3.30. The number of methoxy groups -OCH3 is 1. The Kier molecular flexibility index (Phi) is 5.71. The summed E-state index contributed by atoms with van der Waals surface area (Å²) in [5.41, 5.74) is 1.33. The molecule has 1 aliphatic heterocycles. The van der Waals surface area contributed by atoms with Gasteiger partial charge in [0.1, 0.15) is 5.75 Å². The van der Waals surface area contributed by atoms with Gasteiger partial charge in [0.25, 0.3) is 0 Å². The molecule has 1 unspecified atom stereocenters. The van der Waals surface area contributed by atoms with Crippen LogP contribution in [0.15, 0.2) is 22.7 Å². The van der Waals surface area contributed by atoms with Crippen LogP contribution in [0.2, 0.25) is 0 Å². The van der Waals surface area contributed by atoms with Gasteiger partial charge >= 0.3 is 0 Å². The molecule has 0 aliphatic carbocycles. The van der Waals surface area contributed by atoms with E-state index in [1.54, 1.807) is 7.11 Å². The predicted octanol–water partition coefficient (Wildman–Crippen LogP) is 4.61. The van der Waals surface area contributed by atoms with Gasteiger partial charge in [-0.2, -0.15) is 0 Å². The molecule has 2 rings (SSSR count). The maximum absolute atomic E-state index is 5.34. The highest BCUT2D eigenvalue weighted by atomic mass is 79.9. The third-order valence-corrected chi connectivity index (χ3v) is 4.87. The van der Waals surface area contributed by atoms with Crippen molar-refractivity contribution in [3.05, 3.63) is 28.2 Å². The molecule has 1 fully saturated rings. The molecular formula is C16H24BrNO. The van der Waals surface area contributed by atoms with Crippen LogP contribution in [0, 0.1) is 0 Å². The van der Waals surface area contributed by atoms with Crippen molar-refractivity contribution >= 4 is 15.9 Å². The lowest BCUT2D eigenvalue weighted by Gasteiger charge is -2.29. The van der Waals surface area contributed by atoms with Crippen molar-refractivity contribution in [1.82, 2.24) is 4.90 Å². The number of rotatable bonds is 4. The molecule has 1 saturated heterocycles. The van der Waals surface area contributed by atoms with E-state index in [1.165, 1.54) is 48.7 Å². The first kappa shape index (κ1) is 14.9. The lowest BCUT2D eigenvalue weighted by atomic mass is 10.1. The smallest absolute Gasteiger partial charge is 0.119 e. The SMILES string of the molecule is CCC1CCCCCN1Cc1cc(OC)ccc1Br. The number of likely N-dealkylation sites (tertiary alicyclic amines) is 1. The fourth-order valence-electron chi connectivity index (χ4n) is 2.93. The lowest BCUT2D eigenvalue weighted by molar-refractivity contribution is 0.185. The summed E-state index contributed by atoms with van der Waals surface area (Å²) < 4.78 is 6.52. The molecule has 1 aromatic carbocycles. The van der Waals surface area contributed by atoms with E-state index in [2.05, 4.69) is 39.9 Å². The van der Waals surface area contributed by atoms with Crippen LogP contribution in [0.4, 0.5) is 0 Å². The zero-order valence-electron chi connectivity index (χ0n) is 12.0. The van der Waals surface area contributed by atoms with Gasteiger partial charge in [-0.15, -0.1) is 0 Å². The van der Waals surface area contributed by atoms with Crippen molar-refractivity contribution in [2.45, 2.75) is 51.6 Å². The Balaban J connectivity index is 2.13. The third kappa shape index (κ3) is 3.96. The van der Waals surface area contributed by atoms with E-state index in [4.69, 9.17) is 4.74 Å². The Hall–Kier alpha value is -0.540. The number of halogens is 1. The van der Waals surface area contributed by atoms with Gasteiger partial charge < -0.3 is 4.74 Å².